The van der Waals surface area contributed by atoms with Crippen molar-refractivity contribution < 1.29 is 0 Å². The first-order valence-electron chi connectivity index (χ1n) is 8.14. The minimum atomic E-state index is 0.333. The topological polar surface area (TPSA) is 42.1 Å². The molecular weight excluding hydrogens is 258 g/mol. The number of hydrogen-bond donors (Lipinski definition) is 1. The molecule has 1 saturated heterocycles. The Morgan fingerprint density at radius 3 is 3.05 bits per heavy atom. The van der Waals surface area contributed by atoms with Gasteiger partial charge in [-0.15, -0.1) is 0 Å². The van der Waals surface area contributed by atoms with E-state index >= 15 is 0 Å². The van der Waals surface area contributed by atoms with Crippen LogP contribution in [0.15, 0.2) is 36.5 Å². The molecule has 0 aliphatic carbocycles. The number of aromatic nitrogens is 1. The summed E-state index contributed by atoms with van der Waals surface area (Å²) in [5, 5.41) is 1.21. The molecule has 0 radical (unpaired) electrons. The Morgan fingerprint density at radius 2 is 2.24 bits per heavy atom. The van der Waals surface area contributed by atoms with Gasteiger partial charge < -0.3 is 5.73 Å². The molecule has 2 aromatic rings. The van der Waals surface area contributed by atoms with Crippen LogP contribution in [0.5, 0.6) is 0 Å². The van der Waals surface area contributed by atoms with Crippen molar-refractivity contribution in [1.29, 1.82) is 0 Å². The number of nitrogens with two attached hydrogens (primary N) is 1. The summed E-state index contributed by atoms with van der Waals surface area (Å²) in [6, 6.07) is 11.7. The van der Waals surface area contributed by atoms with Gasteiger partial charge in [0.2, 0.25) is 0 Å². The first-order chi connectivity index (χ1) is 10.3. The van der Waals surface area contributed by atoms with Crippen LogP contribution in [0.1, 0.15) is 44.2 Å². The smallest absolute Gasteiger partial charge is 0.0702 e. The number of piperidine rings is 1. The largest absolute Gasteiger partial charge is 0.329 e. The number of nitrogens with zero attached hydrogens (tertiary/aromatic N) is 2. The molecule has 112 valence electrons. The third-order valence-electron chi connectivity index (χ3n) is 4.78. The molecule has 2 N–H and O–H groups in total. The summed E-state index contributed by atoms with van der Waals surface area (Å²) in [5.74, 6) is 0. The van der Waals surface area contributed by atoms with Gasteiger partial charge in [-0.05, 0) is 49.6 Å². The third kappa shape index (κ3) is 2.94. The van der Waals surface area contributed by atoms with Crippen LogP contribution >= 0.6 is 0 Å². The highest BCUT2D eigenvalue weighted by atomic mass is 15.2. The van der Waals surface area contributed by atoms with Gasteiger partial charge in [0.15, 0.2) is 0 Å². The molecular formula is C18H25N3. The van der Waals surface area contributed by atoms with Crippen LogP contribution in [0.4, 0.5) is 0 Å². The first kappa shape index (κ1) is 14.5. The van der Waals surface area contributed by atoms with Gasteiger partial charge in [0.25, 0.3) is 0 Å². The van der Waals surface area contributed by atoms with Gasteiger partial charge in [-0.1, -0.05) is 25.5 Å². The number of likely N-dealkylation sites (tertiary alicyclic amines) is 1. The molecule has 1 aromatic heterocycles. The average molecular weight is 283 g/mol. The highest BCUT2D eigenvalue weighted by Gasteiger charge is 2.27. The van der Waals surface area contributed by atoms with E-state index in [1.807, 2.05) is 12.3 Å². The highest BCUT2D eigenvalue weighted by Crippen LogP contribution is 2.30. The van der Waals surface area contributed by atoms with Crippen LogP contribution in [0.2, 0.25) is 0 Å². The van der Waals surface area contributed by atoms with Crippen molar-refractivity contribution in [1.82, 2.24) is 9.88 Å². The minimum absolute atomic E-state index is 0.333. The monoisotopic (exact) mass is 283 g/mol. The van der Waals surface area contributed by atoms with Gasteiger partial charge >= 0.3 is 0 Å². The van der Waals surface area contributed by atoms with E-state index in [1.165, 1.54) is 43.2 Å². The Labute approximate surface area is 127 Å². The first-order valence-corrected chi connectivity index (χ1v) is 8.14. The normalized spacial score (nSPS) is 21.5. The molecule has 2 atom stereocenters. The van der Waals surface area contributed by atoms with E-state index in [0.29, 0.717) is 18.6 Å². The molecule has 1 aliphatic rings. The SMILES string of the molecule is CCC1CCCCN1C(CN)c1ccc2ncccc2c1. The average Bonchev–Trinajstić information content (AvgIpc) is 2.56. The Hall–Kier alpha value is -1.45. The summed E-state index contributed by atoms with van der Waals surface area (Å²) in [5.41, 5.74) is 8.53. The Kier molecular flexibility index (Phi) is 4.51. The highest BCUT2D eigenvalue weighted by molar-refractivity contribution is 5.79. The minimum Gasteiger partial charge on any atom is -0.329 e. The van der Waals surface area contributed by atoms with Gasteiger partial charge in [0, 0.05) is 30.2 Å². The maximum atomic E-state index is 6.14. The lowest BCUT2D eigenvalue weighted by Gasteiger charge is -2.41. The summed E-state index contributed by atoms with van der Waals surface area (Å²) in [6.45, 7) is 4.15. The van der Waals surface area contributed by atoms with Crippen molar-refractivity contribution in [2.75, 3.05) is 13.1 Å². The van der Waals surface area contributed by atoms with E-state index in [2.05, 4.69) is 41.1 Å². The standard InChI is InChI=1S/C18H25N3/c1-2-16-7-3-4-11-21(16)18(13-19)15-8-9-17-14(12-15)6-5-10-20-17/h5-6,8-10,12,16,18H,2-4,7,11,13,19H2,1H3. The molecule has 3 heteroatoms. The molecule has 2 heterocycles. The van der Waals surface area contributed by atoms with Crippen molar-refractivity contribution >= 4 is 10.9 Å². The fourth-order valence-electron chi connectivity index (χ4n) is 3.64. The molecule has 0 amide bonds. The van der Waals surface area contributed by atoms with E-state index in [0.717, 1.165) is 5.52 Å². The zero-order chi connectivity index (χ0) is 14.7. The number of fused-ring (bicyclic) bond motifs is 1. The van der Waals surface area contributed by atoms with E-state index in [-0.39, 0.29) is 0 Å². The molecule has 1 aromatic carbocycles. The van der Waals surface area contributed by atoms with E-state index in [1.54, 1.807) is 0 Å². The van der Waals surface area contributed by atoms with Crippen molar-refractivity contribution in [3.63, 3.8) is 0 Å². The second-order valence-electron chi connectivity index (χ2n) is 6.00. The molecule has 3 nitrogen and oxygen atoms in total. The number of rotatable bonds is 4. The number of pyridine rings is 1. The van der Waals surface area contributed by atoms with Crippen LogP contribution < -0.4 is 5.73 Å². The van der Waals surface area contributed by atoms with Crippen molar-refractivity contribution in [2.24, 2.45) is 5.73 Å². The molecule has 0 bridgehead atoms. The van der Waals surface area contributed by atoms with Gasteiger partial charge in [-0.2, -0.15) is 0 Å². The molecule has 0 saturated carbocycles. The van der Waals surface area contributed by atoms with Crippen LogP contribution in [0, 0.1) is 0 Å². The molecule has 21 heavy (non-hydrogen) atoms. The summed E-state index contributed by atoms with van der Waals surface area (Å²) < 4.78 is 0. The molecule has 3 rings (SSSR count). The maximum Gasteiger partial charge on any atom is 0.0702 e. The fourth-order valence-corrected chi connectivity index (χ4v) is 3.64. The third-order valence-corrected chi connectivity index (χ3v) is 4.78. The zero-order valence-corrected chi connectivity index (χ0v) is 12.8. The molecule has 1 fully saturated rings. The Bertz CT molecular complexity index is 596. The van der Waals surface area contributed by atoms with Crippen LogP contribution in [0.25, 0.3) is 10.9 Å². The van der Waals surface area contributed by atoms with Crippen molar-refractivity contribution in [3.05, 3.63) is 42.1 Å². The summed E-state index contributed by atoms with van der Waals surface area (Å²) in [4.78, 5) is 7.03. The lowest BCUT2D eigenvalue weighted by atomic mass is 9.94. The predicted octanol–water partition coefficient (Wildman–Crippen LogP) is 3.50. The van der Waals surface area contributed by atoms with Gasteiger partial charge in [-0.25, -0.2) is 0 Å². The van der Waals surface area contributed by atoms with Crippen LogP contribution in [0.3, 0.4) is 0 Å². The quantitative estimate of drug-likeness (QED) is 0.934. The molecule has 0 spiro atoms. The second kappa shape index (κ2) is 6.54. The summed E-state index contributed by atoms with van der Waals surface area (Å²) in [6.07, 6.45) is 7.02. The lowest BCUT2D eigenvalue weighted by Crippen LogP contribution is -2.44. The summed E-state index contributed by atoms with van der Waals surface area (Å²) in [7, 11) is 0. The van der Waals surface area contributed by atoms with E-state index in [9.17, 15) is 0 Å². The van der Waals surface area contributed by atoms with Crippen LogP contribution in [-0.2, 0) is 0 Å². The number of benzene rings is 1. The van der Waals surface area contributed by atoms with Crippen LogP contribution in [-0.4, -0.2) is 29.0 Å². The maximum absolute atomic E-state index is 6.14. The van der Waals surface area contributed by atoms with Gasteiger partial charge in [0.05, 0.1) is 5.52 Å². The fraction of sp³-hybridized carbons (Fsp3) is 0.500. The summed E-state index contributed by atoms with van der Waals surface area (Å²) >= 11 is 0. The lowest BCUT2D eigenvalue weighted by molar-refractivity contribution is 0.0950. The van der Waals surface area contributed by atoms with Gasteiger partial charge in [0.1, 0.15) is 0 Å². The van der Waals surface area contributed by atoms with Crippen molar-refractivity contribution in [2.45, 2.75) is 44.7 Å². The van der Waals surface area contributed by atoms with Gasteiger partial charge in [-0.3, -0.25) is 9.88 Å². The molecule has 1 aliphatic heterocycles. The Morgan fingerprint density at radius 1 is 1.33 bits per heavy atom. The number of hydrogen-bond acceptors (Lipinski definition) is 3. The van der Waals surface area contributed by atoms with E-state index < -0.39 is 0 Å². The van der Waals surface area contributed by atoms with E-state index in [4.69, 9.17) is 5.73 Å². The molecule has 2 unspecified atom stereocenters. The Balaban J connectivity index is 1.93. The second-order valence-corrected chi connectivity index (χ2v) is 6.00. The van der Waals surface area contributed by atoms with Crippen molar-refractivity contribution in [3.8, 4) is 0 Å². The predicted molar refractivity (Wildman–Crippen MR) is 88.2 cm³/mol. The zero-order valence-electron chi connectivity index (χ0n) is 12.8.